The molecule has 4 aromatic rings. The van der Waals surface area contributed by atoms with Gasteiger partial charge >= 0.3 is 0 Å². The van der Waals surface area contributed by atoms with Gasteiger partial charge in [-0.1, -0.05) is 95.6 Å². The van der Waals surface area contributed by atoms with Gasteiger partial charge in [-0.15, -0.1) is 0 Å². The molecule has 1 fully saturated rings. The molecule has 1 aliphatic rings. The summed E-state index contributed by atoms with van der Waals surface area (Å²) in [5, 5.41) is 15.4. The lowest BCUT2D eigenvalue weighted by molar-refractivity contribution is -0.117. The highest BCUT2D eigenvalue weighted by Crippen LogP contribution is 2.42. The van der Waals surface area contributed by atoms with Gasteiger partial charge in [0.05, 0.1) is 15.3 Å². The number of hydrogen-bond donors (Lipinski definition) is 1. The lowest BCUT2D eigenvalue weighted by atomic mass is 10.1. The molecule has 1 unspecified atom stereocenters. The molecule has 0 bridgehead atoms. The first-order valence-corrected chi connectivity index (χ1v) is 13.0. The summed E-state index contributed by atoms with van der Waals surface area (Å²) >= 11 is 13.4. The van der Waals surface area contributed by atoms with Crippen molar-refractivity contribution in [3.05, 3.63) is 117 Å². The SMILES string of the molecule is N#C/C(C(=O)Nc1cccc2ccccc12)=C1/SC(Cc2ccc(Cl)c(Cl)c2)C(=O)N1c1ccccc1. The number of para-hydroxylation sites is 1. The van der Waals surface area contributed by atoms with Crippen molar-refractivity contribution in [2.75, 3.05) is 10.2 Å². The van der Waals surface area contributed by atoms with Crippen molar-refractivity contribution >= 4 is 68.9 Å². The summed E-state index contributed by atoms with van der Waals surface area (Å²) in [6.45, 7) is 0. The molecule has 5 rings (SSSR count). The maximum absolute atomic E-state index is 13.6. The zero-order chi connectivity index (χ0) is 25.9. The highest BCUT2D eigenvalue weighted by atomic mass is 35.5. The Morgan fingerprint density at radius 3 is 2.43 bits per heavy atom. The molecule has 1 N–H and O–H groups in total. The fraction of sp³-hybridized carbons (Fsp3) is 0.0690. The van der Waals surface area contributed by atoms with Gasteiger partial charge in [-0.3, -0.25) is 14.5 Å². The number of nitrogens with zero attached hydrogens (tertiary/aromatic N) is 2. The predicted molar refractivity (Wildman–Crippen MR) is 151 cm³/mol. The number of carbonyl (C=O) groups excluding carboxylic acids is 2. The molecule has 37 heavy (non-hydrogen) atoms. The molecular formula is C29H19Cl2N3O2S. The molecule has 0 radical (unpaired) electrons. The lowest BCUT2D eigenvalue weighted by Crippen LogP contribution is -2.30. The lowest BCUT2D eigenvalue weighted by Gasteiger charge is -2.18. The van der Waals surface area contributed by atoms with Crippen LogP contribution in [0.3, 0.4) is 0 Å². The maximum Gasteiger partial charge on any atom is 0.269 e. The molecule has 8 heteroatoms. The summed E-state index contributed by atoms with van der Waals surface area (Å²) < 4.78 is 0. The van der Waals surface area contributed by atoms with Crippen molar-refractivity contribution in [1.29, 1.82) is 5.26 Å². The van der Waals surface area contributed by atoms with Gasteiger partial charge in [-0.2, -0.15) is 5.26 Å². The van der Waals surface area contributed by atoms with E-state index in [1.165, 1.54) is 16.7 Å². The highest BCUT2D eigenvalue weighted by molar-refractivity contribution is 8.05. The number of anilines is 2. The summed E-state index contributed by atoms with van der Waals surface area (Å²) in [5.74, 6) is -0.798. The first kappa shape index (κ1) is 24.9. The van der Waals surface area contributed by atoms with E-state index in [4.69, 9.17) is 23.2 Å². The highest BCUT2D eigenvalue weighted by Gasteiger charge is 2.40. The van der Waals surface area contributed by atoms with Crippen molar-refractivity contribution in [2.45, 2.75) is 11.7 Å². The smallest absolute Gasteiger partial charge is 0.269 e. The Hall–Kier alpha value is -3.76. The van der Waals surface area contributed by atoms with Crippen LogP contribution in [0.25, 0.3) is 10.8 Å². The van der Waals surface area contributed by atoms with Gasteiger partial charge in [0.1, 0.15) is 16.7 Å². The van der Waals surface area contributed by atoms with Gasteiger partial charge in [0.15, 0.2) is 0 Å². The molecule has 4 aromatic carbocycles. The van der Waals surface area contributed by atoms with Crippen molar-refractivity contribution in [2.24, 2.45) is 0 Å². The van der Waals surface area contributed by atoms with Gasteiger partial charge in [0.25, 0.3) is 5.91 Å². The molecule has 1 saturated heterocycles. The number of carbonyl (C=O) groups is 2. The van der Waals surface area contributed by atoms with Crippen LogP contribution in [-0.2, 0) is 16.0 Å². The molecule has 0 spiro atoms. The molecule has 1 atom stereocenters. The molecule has 5 nitrogen and oxygen atoms in total. The Bertz CT molecular complexity index is 1590. The molecule has 0 saturated carbocycles. The monoisotopic (exact) mass is 543 g/mol. The van der Waals surface area contributed by atoms with Crippen molar-refractivity contribution in [3.8, 4) is 6.07 Å². The molecule has 1 aliphatic heterocycles. The minimum Gasteiger partial charge on any atom is -0.321 e. The second-order valence-electron chi connectivity index (χ2n) is 8.34. The Kier molecular flexibility index (Phi) is 7.20. The van der Waals surface area contributed by atoms with Crippen LogP contribution in [0.2, 0.25) is 10.0 Å². The number of amides is 2. The third kappa shape index (κ3) is 5.07. The number of benzene rings is 4. The minimum absolute atomic E-state index is 0.133. The van der Waals surface area contributed by atoms with Crippen LogP contribution in [-0.4, -0.2) is 17.1 Å². The Balaban J connectivity index is 1.53. The number of nitrogens with one attached hydrogen (secondary N) is 1. The number of halogens is 2. The molecule has 1 heterocycles. The van der Waals surface area contributed by atoms with Gasteiger partial charge < -0.3 is 5.32 Å². The largest absolute Gasteiger partial charge is 0.321 e. The Labute approximate surface area is 228 Å². The number of thioether (sulfide) groups is 1. The quantitative estimate of drug-likeness (QED) is 0.213. The third-order valence-electron chi connectivity index (χ3n) is 5.96. The Morgan fingerprint density at radius 2 is 1.68 bits per heavy atom. The first-order chi connectivity index (χ1) is 18.0. The van der Waals surface area contributed by atoms with Crippen LogP contribution in [0.1, 0.15) is 5.56 Å². The van der Waals surface area contributed by atoms with Gasteiger partial charge in [-0.25, -0.2) is 0 Å². The molecule has 182 valence electrons. The summed E-state index contributed by atoms with van der Waals surface area (Å²) in [6, 6.07) is 29.5. The summed E-state index contributed by atoms with van der Waals surface area (Å²) in [6.07, 6.45) is 0.358. The van der Waals surface area contributed by atoms with Gasteiger partial charge in [0, 0.05) is 16.8 Å². The molecule has 0 aromatic heterocycles. The summed E-state index contributed by atoms with van der Waals surface area (Å²) in [5.41, 5.74) is 1.86. The minimum atomic E-state index is -0.578. The second-order valence-corrected chi connectivity index (χ2v) is 10.3. The van der Waals surface area contributed by atoms with E-state index in [1.807, 2.05) is 54.6 Å². The van der Waals surface area contributed by atoms with Crippen LogP contribution in [0, 0.1) is 11.3 Å². The fourth-order valence-electron chi connectivity index (χ4n) is 4.20. The van der Waals surface area contributed by atoms with Crippen LogP contribution in [0.4, 0.5) is 11.4 Å². The first-order valence-electron chi connectivity index (χ1n) is 11.4. The molecule has 0 aliphatic carbocycles. The second kappa shape index (κ2) is 10.7. The molecule has 2 amide bonds. The zero-order valence-electron chi connectivity index (χ0n) is 19.3. The van der Waals surface area contributed by atoms with E-state index in [-0.39, 0.29) is 11.5 Å². The third-order valence-corrected chi connectivity index (χ3v) is 7.96. The summed E-state index contributed by atoms with van der Waals surface area (Å²) in [7, 11) is 0. The van der Waals surface area contributed by atoms with Crippen LogP contribution >= 0.6 is 35.0 Å². The standard InChI is InChI=1S/C29H19Cl2N3O2S/c30-23-14-13-18(15-24(23)31)16-26-28(36)34(20-9-2-1-3-10-20)29(37-26)22(17-32)27(35)33-25-12-6-8-19-7-4-5-11-21(19)25/h1-15,26H,16H2,(H,33,35)/b29-22-. The van der Waals surface area contributed by atoms with Crippen LogP contribution < -0.4 is 10.2 Å². The average molecular weight is 544 g/mol. The topological polar surface area (TPSA) is 73.2 Å². The van der Waals surface area contributed by atoms with Crippen molar-refractivity contribution in [1.82, 2.24) is 0 Å². The number of rotatable bonds is 5. The molecular weight excluding hydrogens is 525 g/mol. The maximum atomic E-state index is 13.6. The van der Waals surface area contributed by atoms with Crippen LogP contribution in [0.5, 0.6) is 0 Å². The summed E-state index contributed by atoms with van der Waals surface area (Å²) in [4.78, 5) is 28.5. The van der Waals surface area contributed by atoms with E-state index in [1.54, 1.807) is 42.5 Å². The number of fused-ring (bicyclic) bond motifs is 1. The van der Waals surface area contributed by atoms with Gasteiger partial charge in [-0.05, 0) is 47.7 Å². The fourth-order valence-corrected chi connectivity index (χ4v) is 5.83. The Morgan fingerprint density at radius 1 is 0.946 bits per heavy atom. The van der Waals surface area contributed by atoms with E-state index >= 15 is 0 Å². The van der Waals surface area contributed by atoms with Crippen molar-refractivity contribution in [3.63, 3.8) is 0 Å². The normalized spacial score (nSPS) is 16.5. The zero-order valence-corrected chi connectivity index (χ0v) is 21.6. The number of nitriles is 1. The number of hydrogen-bond acceptors (Lipinski definition) is 4. The van der Waals surface area contributed by atoms with E-state index in [0.717, 1.165) is 16.3 Å². The van der Waals surface area contributed by atoms with Crippen LogP contribution in [0.15, 0.2) is 102 Å². The van der Waals surface area contributed by atoms with E-state index in [0.29, 0.717) is 32.9 Å². The van der Waals surface area contributed by atoms with Gasteiger partial charge in [0.2, 0.25) is 5.91 Å². The van der Waals surface area contributed by atoms with E-state index in [2.05, 4.69) is 5.32 Å². The predicted octanol–water partition coefficient (Wildman–Crippen LogP) is 7.21. The van der Waals surface area contributed by atoms with E-state index < -0.39 is 11.2 Å². The van der Waals surface area contributed by atoms with E-state index in [9.17, 15) is 14.9 Å². The van der Waals surface area contributed by atoms with Crippen molar-refractivity contribution < 1.29 is 9.59 Å². The average Bonchev–Trinajstić information content (AvgIpc) is 3.22.